The number of carbonyl (C=O) groups excluding carboxylic acids is 4. The second kappa shape index (κ2) is 17.3. The van der Waals surface area contributed by atoms with Crippen molar-refractivity contribution in [3.63, 3.8) is 0 Å². The minimum Gasteiger partial charge on any atom is -0.505 e. The second-order valence-electron chi connectivity index (χ2n) is 14.7. The number of aromatic hydroxyl groups is 1. The molecular formula is C38H52N3O11P. The number of nitrogens with one attached hydrogen (secondary N) is 2. The Bertz CT molecular complexity index is 1730. The fraction of sp³-hybridized carbons (Fsp3) is 0.579. The predicted octanol–water partition coefficient (Wildman–Crippen LogP) is 4.75. The van der Waals surface area contributed by atoms with Crippen LogP contribution in [0.15, 0.2) is 30.3 Å². The van der Waals surface area contributed by atoms with Gasteiger partial charge in [-0.15, -0.1) is 0 Å². The number of nitrogens with two attached hydrogens (primary N) is 1. The Morgan fingerprint density at radius 1 is 0.981 bits per heavy atom. The molecule has 2 aromatic carbocycles. The van der Waals surface area contributed by atoms with Crippen molar-refractivity contribution in [3.8, 4) is 17.2 Å². The number of hydrogen-bond donors (Lipinski definition) is 4. The zero-order valence-electron chi connectivity index (χ0n) is 30.9. The fourth-order valence-electron chi connectivity index (χ4n) is 8.46. The molecule has 0 saturated heterocycles. The number of anilines is 1. The topological polar surface area (TPSA) is 202 Å². The van der Waals surface area contributed by atoms with Crippen LogP contribution in [0, 0.1) is 17.3 Å². The van der Waals surface area contributed by atoms with E-state index in [9.17, 15) is 28.8 Å². The summed E-state index contributed by atoms with van der Waals surface area (Å²) in [5.41, 5.74) is 7.61. The number of fused-ring (bicyclic) bond motifs is 5. The number of rotatable bonds is 17. The molecule has 290 valence electrons. The maximum Gasteiger partial charge on any atom is 0.332 e. The van der Waals surface area contributed by atoms with E-state index in [0.29, 0.717) is 23.5 Å². The molecular weight excluding hydrogens is 705 g/mol. The fourth-order valence-corrected chi connectivity index (χ4v) is 9.08. The van der Waals surface area contributed by atoms with E-state index in [-0.39, 0.29) is 86.2 Å². The SMILES string of the molecule is COc1ccc(NC(=O)CCC(=O)NCCOCCOCC(=O)OC2CCC3C4CCc5cc(OP(C)(C)=O)ccc5C4CCC23C)c(O)c1C(N)=O. The molecule has 53 heavy (non-hydrogen) atoms. The minimum absolute atomic E-state index is 0.0284. The number of carbonyl (C=O) groups is 4. The van der Waals surface area contributed by atoms with Gasteiger partial charge in [-0.3, -0.25) is 18.9 Å². The van der Waals surface area contributed by atoms with Crippen molar-refractivity contribution in [3.05, 3.63) is 47.0 Å². The summed E-state index contributed by atoms with van der Waals surface area (Å²) in [6, 6.07) is 8.94. The van der Waals surface area contributed by atoms with Crippen LogP contribution in [0.5, 0.6) is 17.2 Å². The summed E-state index contributed by atoms with van der Waals surface area (Å²) in [5, 5.41) is 15.4. The van der Waals surface area contributed by atoms with E-state index in [1.807, 2.05) is 6.07 Å². The van der Waals surface area contributed by atoms with Crippen LogP contribution in [0.2, 0.25) is 0 Å². The van der Waals surface area contributed by atoms with E-state index >= 15 is 0 Å². The Hall–Kier alpha value is -4.13. The number of phenols is 1. The lowest BCUT2D eigenvalue weighted by Gasteiger charge is -2.50. The van der Waals surface area contributed by atoms with Gasteiger partial charge >= 0.3 is 5.97 Å². The van der Waals surface area contributed by atoms with Gasteiger partial charge in [-0.25, -0.2) is 4.79 Å². The molecule has 0 bridgehead atoms. The van der Waals surface area contributed by atoms with Gasteiger partial charge in [-0.2, -0.15) is 0 Å². The van der Waals surface area contributed by atoms with Gasteiger partial charge in [0.1, 0.15) is 29.8 Å². The van der Waals surface area contributed by atoms with E-state index in [0.717, 1.165) is 38.5 Å². The molecule has 14 nitrogen and oxygen atoms in total. The van der Waals surface area contributed by atoms with Crippen molar-refractivity contribution >= 4 is 36.7 Å². The normalized spacial score (nSPS) is 23.2. The van der Waals surface area contributed by atoms with Crippen LogP contribution in [0.3, 0.4) is 0 Å². The first kappa shape index (κ1) is 40.1. The van der Waals surface area contributed by atoms with Gasteiger partial charge in [0.05, 0.1) is 32.6 Å². The number of aryl methyl sites for hydroxylation is 1. The predicted molar refractivity (Wildman–Crippen MR) is 197 cm³/mol. The van der Waals surface area contributed by atoms with E-state index in [4.69, 9.17) is 29.2 Å². The summed E-state index contributed by atoms with van der Waals surface area (Å²) in [4.78, 5) is 48.9. The van der Waals surface area contributed by atoms with Crippen LogP contribution < -0.4 is 25.6 Å². The highest BCUT2D eigenvalue weighted by molar-refractivity contribution is 7.57. The van der Waals surface area contributed by atoms with Gasteiger partial charge in [-0.05, 0) is 91.7 Å². The zero-order chi connectivity index (χ0) is 38.3. The van der Waals surface area contributed by atoms with E-state index in [1.54, 1.807) is 13.3 Å². The van der Waals surface area contributed by atoms with Gasteiger partial charge in [0.25, 0.3) is 5.91 Å². The lowest BCUT2D eigenvalue weighted by atomic mass is 9.55. The molecule has 0 heterocycles. The third-order valence-electron chi connectivity index (χ3n) is 10.8. The lowest BCUT2D eigenvalue weighted by molar-refractivity contribution is -0.163. The van der Waals surface area contributed by atoms with Crippen LogP contribution in [0.25, 0.3) is 0 Å². The van der Waals surface area contributed by atoms with Gasteiger partial charge in [0.15, 0.2) is 5.75 Å². The molecule has 5 unspecified atom stereocenters. The second-order valence-corrected chi connectivity index (χ2v) is 17.4. The summed E-state index contributed by atoms with van der Waals surface area (Å²) in [6.45, 7) is 6.22. The number of benzene rings is 2. The molecule has 2 fully saturated rings. The zero-order valence-corrected chi connectivity index (χ0v) is 31.8. The number of hydrogen-bond acceptors (Lipinski definition) is 11. The molecule has 0 aliphatic heterocycles. The smallest absolute Gasteiger partial charge is 0.332 e. The molecule has 2 saturated carbocycles. The van der Waals surface area contributed by atoms with Gasteiger partial charge in [0, 0.05) is 38.1 Å². The summed E-state index contributed by atoms with van der Waals surface area (Å²) >= 11 is 0. The van der Waals surface area contributed by atoms with Crippen LogP contribution in [-0.4, -0.2) is 88.3 Å². The van der Waals surface area contributed by atoms with E-state index in [2.05, 4.69) is 29.7 Å². The van der Waals surface area contributed by atoms with Gasteiger partial charge < -0.3 is 44.9 Å². The van der Waals surface area contributed by atoms with Crippen LogP contribution in [0.1, 0.15) is 79.3 Å². The quantitative estimate of drug-likeness (QED) is 0.0751. The lowest BCUT2D eigenvalue weighted by Crippen LogP contribution is -2.45. The first-order valence-electron chi connectivity index (χ1n) is 18.2. The first-order chi connectivity index (χ1) is 25.2. The van der Waals surface area contributed by atoms with Crippen LogP contribution in [-0.2, 0) is 39.6 Å². The third kappa shape index (κ3) is 9.90. The summed E-state index contributed by atoms with van der Waals surface area (Å²) in [7, 11) is -1.31. The van der Waals surface area contributed by atoms with Crippen LogP contribution in [0.4, 0.5) is 5.69 Å². The van der Waals surface area contributed by atoms with Crippen molar-refractivity contribution in [1.82, 2.24) is 5.32 Å². The molecule has 0 radical (unpaired) electrons. The summed E-state index contributed by atoms with van der Waals surface area (Å²) in [5.74, 6) is -0.484. The van der Waals surface area contributed by atoms with Crippen molar-refractivity contribution in [2.75, 3.05) is 58.7 Å². The average molecular weight is 758 g/mol. The van der Waals surface area contributed by atoms with Crippen molar-refractivity contribution in [1.29, 1.82) is 0 Å². The van der Waals surface area contributed by atoms with Gasteiger partial charge in [0.2, 0.25) is 19.2 Å². The molecule has 3 aliphatic carbocycles. The Morgan fingerprint density at radius 3 is 2.47 bits per heavy atom. The molecule has 3 aliphatic rings. The largest absolute Gasteiger partial charge is 0.505 e. The summed E-state index contributed by atoms with van der Waals surface area (Å²) < 4.78 is 39.9. The van der Waals surface area contributed by atoms with Crippen LogP contribution >= 0.6 is 7.37 Å². The number of methoxy groups -OCH3 is 1. The third-order valence-corrected chi connectivity index (χ3v) is 11.5. The first-order valence-corrected chi connectivity index (χ1v) is 20.7. The molecule has 2 aromatic rings. The monoisotopic (exact) mass is 757 g/mol. The molecule has 5 atom stereocenters. The Kier molecular flexibility index (Phi) is 13.1. The highest BCUT2D eigenvalue weighted by Gasteiger charge is 2.56. The standard InChI is InChI=1S/C38H52N3O11P/c1-38-16-15-26-25-8-6-24(52-53(3,4)47)21-23(25)5-7-27(26)28(38)9-12-31(38)51-34(44)22-50-20-19-49-18-17-40-32(42)13-14-33(43)41-29-10-11-30(48-2)35(36(29)45)37(39)46/h6,8,10-11,21,26-28,31,45H,5,7,9,12-20,22H2,1-4H3,(H2,39,46)(H,40,42)(H,41,43). The highest BCUT2D eigenvalue weighted by atomic mass is 31.2. The summed E-state index contributed by atoms with van der Waals surface area (Å²) in [6.07, 6.45) is 5.55. The van der Waals surface area contributed by atoms with Crippen molar-refractivity contribution in [2.45, 2.75) is 70.3 Å². The number of amides is 3. The van der Waals surface area contributed by atoms with Crippen molar-refractivity contribution in [2.24, 2.45) is 23.0 Å². The number of esters is 1. The molecule has 3 amide bonds. The maximum absolute atomic E-state index is 12.8. The minimum atomic E-state index is -2.62. The van der Waals surface area contributed by atoms with E-state index in [1.165, 1.54) is 30.4 Å². The molecule has 0 spiro atoms. The average Bonchev–Trinajstić information content (AvgIpc) is 3.43. The van der Waals surface area contributed by atoms with E-state index < -0.39 is 24.9 Å². The van der Waals surface area contributed by atoms with Crippen molar-refractivity contribution < 1.29 is 52.3 Å². The Labute approximate surface area is 310 Å². The molecule has 5 rings (SSSR count). The number of primary amides is 1. The Morgan fingerprint density at radius 2 is 1.74 bits per heavy atom. The number of ether oxygens (including phenoxy) is 4. The Balaban J connectivity index is 0.943. The highest BCUT2D eigenvalue weighted by Crippen LogP contribution is 2.61. The molecule has 5 N–H and O–H groups in total. The maximum atomic E-state index is 12.8. The van der Waals surface area contributed by atoms with Gasteiger partial charge in [-0.1, -0.05) is 13.0 Å². The molecule has 0 aromatic heterocycles. The molecule has 15 heteroatoms.